The van der Waals surface area contributed by atoms with Crippen LogP contribution < -0.4 is 15.4 Å². The molecule has 0 saturated heterocycles. The Balaban J connectivity index is 1.51. The third-order valence-corrected chi connectivity index (χ3v) is 6.85. The number of carbonyl (C=O) groups is 2. The summed E-state index contributed by atoms with van der Waals surface area (Å²) in [5.41, 5.74) is 3.28. The maximum atomic E-state index is 13.6. The van der Waals surface area contributed by atoms with Gasteiger partial charge in [0.15, 0.2) is 5.13 Å². The largest absolute Gasteiger partial charge is 0.496 e. The zero-order chi connectivity index (χ0) is 26.7. The number of carboxylic acids is 1. The van der Waals surface area contributed by atoms with Gasteiger partial charge in [-0.25, -0.2) is 14.2 Å². The molecule has 0 aliphatic carbocycles. The third-order valence-electron chi connectivity index (χ3n) is 5.64. The van der Waals surface area contributed by atoms with Crippen molar-refractivity contribution in [2.75, 3.05) is 12.4 Å². The number of amides is 1. The molecule has 4 rings (SSSR count). The zero-order valence-corrected chi connectivity index (χ0v) is 21.9. The van der Waals surface area contributed by atoms with Crippen molar-refractivity contribution in [2.45, 2.75) is 26.3 Å². The Bertz CT molecular complexity index is 1460. The minimum atomic E-state index is -1.08. The van der Waals surface area contributed by atoms with E-state index in [1.54, 1.807) is 18.2 Å². The van der Waals surface area contributed by atoms with Crippen LogP contribution in [0.2, 0.25) is 5.02 Å². The van der Waals surface area contributed by atoms with Crippen LogP contribution in [0.5, 0.6) is 5.75 Å². The number of hydrogen-bond acceptors (Lipinski definition) is 6. The van der Waals surface area contributed by atoms with E-state index in [0.29, 0.717) is 27.5 Å². The molecule has 1 aromatic heterocycles. The first kappa shape index (κ1) is 26.4. The first-order valence-electron chi connectivity index (χ1n) is 11.5. The minimum Gasteiger partial charge on any atom is -0.496 e. The number of methoxy groups -OCH3 is 1. The maximum absolute atomic E-state index is 13.6. The highest BCUT2D eigenvalue weighted by atomic mass is 35.5. The van der Waals surface area contributed by atoms with Gasteiger partial charge in [0.05, 0.1) is 22.4 Å². The summed E-state index contributed by atoms with van der Waals surface area (Å²) in [6.45, 7) is 3.79. The Kier molecular flexibility index (Phi) is 7.94. The second-order valence-corrected chi connectivity index (χ2v) is 10.3. The number of thiazole rings is 1. The molecule has 1 heterocycles. The summed E-state index contributed by atoms with van der Waals surface area (Å²) in [5, 5.41) is 16.1. The van der Waals surface area contributed by atoms with E-state index in [0.717, 1.165) is 16.8 Å². The van der Waals surface area contributed by atoms with E-state index >= 15 is 0 Å². The smallest absolute Gasteiger partial charge is 0.326 e. The predicted octanol–water partition coefficient (Wildman–Crippen LogP) is 6.74. The van der Waals surface area contributed by atoms with Crippen molar-refractivity contribution < 1.29 is 23.8 Å². The molecule has 37 heavy (non-hydrogen) atoms. The van der Waals surface area contributed by atoms with Gasteiger partial charge in [0, 0.05) is 5.69 Å². The van der Waals surface area contributed by atoms with Gasteiger partial charge in [0.1, 0.15) is 23.1 Å². The summed E-state index contributed by atoms with van der Waals surface area (Å²) in [6, 6.07) is 14.3. The minimum absolute atomic E-state index is 0.110. The summed E-state index contributed by atoms with van der Waals surface area (Å²) in [7, 11) is 1.46. The average molecular weight is 542 g/mol. The van der Waals surface area contributed by atoms with E-state index < -0.39 is 23.7 Å². The van der Waals surface area contributed by atoms with Crippen LogP contribution >= 0.6 is 22.9 Å². The van der Waals surface area contributed by atoms with Crippen molar-refractivity contribution in [3.63, 3.8) is 0 Å². The Hall–Kier alpha value is -3.69. The summed E-state index contributed by atoms with van der Waals surface area (Å²) in [6.07, 6.45) is 0.322. The maximum Gasteiger partial charge on any atom is 0.326 e. The van der Waals surface area contributed by atoms with Crippen LogP contribution in [0, 0.1) is 11.7 Å². The number of nitrogens with zero attached hydrogens (tertiary/aromatic N) is 1. The molecular weight excluding hydrogens is 517 g/mol. The van der Waals surface area contributed by atoms with Crippen LogP contribution in [0.25, 0.3) is 21.3 Å². The second-order valence-electron chi connectivity index (χ2n) is 8.86. The van der Waals surface area contributed by atoms with Crippen molar-refractivity contribution in [1.82, 2.24) is 10.3 Å². The Morgan fingerprint density at radius 1 is 1.11 bits per heavy atom. The van der Waals surface area contributed by atoms with Gasteiger partial charge in [-0.1, -0.05) is 55.0 Å². The fourth-order valence-electron chi connectivity index (χ4n) is 3.87. The molecule has 0 aliphatic rings. The van der Waals surface area contributed by atoms with Gasteiger partial charge in [-0.15, -0.1) is 0 Å². The van der Waals surface area contributed by atoms with Crippen LogP contribution in [-0.4, -0.2) is 35.1 Å². The molecule has 0 aliphatic heterocycles. The third kappa shape index (κ3) is 6.18. The summed E-state index contributed by atoms with van der Waals surface area (Å²) < 4.78 is 19.7. The molecule has 0 bridgehead atoms. The van der Waals surface area contributed by atoms with E-state index in [-0.39, 0.29) is 16.5 Å². The number of carboxylic acid groups (broad SMARTS) is 1. The van der Waals surface area contributed by atoms with Crippen LogP contribution in [0.15, 0.2) is 54.6 Å². The van der Waals surface area contributed by atoms with Gasteiger partial charge in [-0.3, -0.25) is 4.79 Å². The summed E-state index contributed by atoms with van der Waals surface area (Å²) >= 11 is 7.40. The topological polar surface area (TPSA) is 101 Å². The monoisotopic (exact) mass is 541 g/mol. The number of anilines is 2. The van der Waals surface area contributed by atoms with Crippen LogP contribution in [0.3, 0.4) is 0 Å². The quantitative estimate of drug-likeness (QED) is 0.217. The van der Waals surface area contributed by atoms with E-state index in [2.05, 4.69) is 15.6 Å². The van der Waals surface area contributed by atoms with Crippen molar-refractivity contribution in [3.05, 3.63) is 71.0 Å². The summed E-state index contributed by atoms with van der Waals surface area (Å²) in [5.74, 6) is -1.55. The van der Waals surface area contributed by atoms with Gasteiger partial charge >= 0.3 is 5.97 Å². The number of nitrogens with one attached hydrogen (secondary N) is 2. The highest BCUT2D eigenvalue weighted by Gasteiger charge is 2.23. The lowest BCUT2D eigenvalue weighted by Gasteiger charge is -2.18. The molecule has 0 fully saturated rings. The van der Waals surface area contributed by atoms with Gasteiger partial charge in [0.2, 0.25) is 0 Å². The number of fused-ring (bicyclic) bond motifs is 1. The van der Waals surface area contributed by atoms with Crippen molar-refractivity contribution in [2.24, 2.45) is 5.92 Å². The van der Waals surface area contributed by atoms with Gasteiger partial charge in [-0.2, -0.15) is 0 Å². The SMILES string of the molecule is COc1cc(-c2ccc(Nc3nc4c(Cl)cc(F)cc4s3)cc2)ccc1C(=O)N[C@@H](CC(C)C)C(=O)O. The molecule has 1 amide bonds. The van der Waals surface area contributed by atoms with Crippen molar-refractivity contribution in [3.8, 4) is 16.9 Å². The molecule has 3 N–H and O–H groups in total. The number of rotatable bonds is 9. The van der Waals surface area contributed by atoms with E-state index in [1.807, 2.05) is 38.1 Å². The Morgan fingerprint density at radius 2 is 1.81 bits per heavy atom. The molecule has 0 radical (unpaired) electrons. The van der Waals surface area contributed by atoms with Gasteiger partial charge in [0.25, 0.3) is 5.91 Å². The first-order chi connectivity index (χ1) is 17.6. The Labute approximate surface area is 222 Å². The molecule has 0 saturated carbocycles. The highest BCUT2D eigenvalue weighted by Crippen LogP contribution is 2.34. The normalized spacial score (nSPS) is 11.9. The number of aromatic nitrogens is 1. The predicted molar refractivity (Wildman–Crippen MR) is 145 cm³/mol. The van der Waals surface area contributed by atoms with Crippen LogP contribution in [-0.2, 0) is 4.79 Å². The lowest BCUT2D eigenvalue weighted by molar-refractivity contribution is -0.139. The lowest BCUT2D eigenvalue weighted by Crippen LogP contribution is -2.41. The van der Waals surface area contributed by atoms with Gasteiger partial charge < -0.3 is 20.5 Å². The number of benzene rings is 3. The number of carbonyl (C=O) groups excluding carboxylic acids is 1. The number of ether oxygens (including phenoxy) is 1. The van der Waals surface area contributed by atoms with Crippen molar-refractivity contribution in [1.29, 1.82) is 0 Å². The first-order valence-corrected chi connectivity index (χ1v) is 12.7. The molecule has 10 heteroatoms. The molecule has 3 aromatic carbocycles. The lowest BCUT2D eigenvalue weighted by atomic mass is 10.0. The number of hydrogen-bond donors (Lipinski definition) is 3. The van der Waals surface area contributed by atoms with Crippen LogP contribution in [0.4, 0.5) is 15.2 Å². The van der Waals surface area contributed by atoms with Crippen molar-refractivity contribution >= 4 is 55.8 Å². The molecular formula is C27H25ClFN3O4S. The second kappa shape index (κ2) is 11.1. The number of aliphatic carboxylic acids is 1. The molecule has 192 valence electrons. The van der Waals surface area contributed by atoms with Gasteiger partial charge in [-0.05, 0) is 59.9 Å². The molecule has 1 atom stereocenters. The molecule has 0 unspecified atom stereocenters. The fraction of sp³-hybridized carbons (Fsp3) is 0.222. The molecule has 7 nitrogen and oxygen atoms in total. The fourth-order valence-corrected chi connectivity index (χ4v) is 5.11. The van der Waals surface area contributed by atoms with E-state index in [1.165, 1.54) is 30.6 Å². The number of halogens is 2. The zero-order valence-electron chi connectivity index (χ0n) is 20.3. The molecule has 0 spiro atoms. The summed E-state index contributed by atoms with van der Waals surface area (Å²) in [4.78, 5) is 28.8. The van der Waals surface area contributed by atoms with E-state index in [4.69, 9.17) is 16.3 Å². The Morgan fingerprint density at radius 3 is 2.46 bits per heavy atom. The highest BCUT2D eigenvalue weighted by molar-refractivity contribution is 7.22. The van der Waals surface area contributed by atoms with Crippen LogP contribution in [0.1, 0.15) is 30.6 Å². The molecule has 4 aromatic rings. The average Bonchev–Trinajstić information content (AvgIpc) is 3.25. The standard InChI is InChI=1S/C27H25ClFN3O4S/c1-14(2)10-21(26(34)35)31-25(33)19-9-6-16(11-22(19)36-3)15-4-7-18(8-5-15)30-27-32-24-20(28)12-17(29)13-23(24)37-27/h4-9,11-14,21H,10H2,1-3H3,(H,30,32)(H,31,33)(H,34,35)/t21-/m0/s1. The van der Waals surface area contributed by atoms with E-state index in [9.17, 15) is 19.1 Å².